The molecule has 2 aliphatic carbocycles. The van der Waals surface area contributed by atoms with Crippen molar-refractivity contribution in [3.05, 3.63) is 0 Å². The summed E-state index contributed by atoms with van der Waals surface area (Å²) in [6.07, 6.45) is 11.8. The molecule has 2 spiro atoms. The minimum Gasteiger partial charge on any atom is -0.429 e. The first kappa shape index (κ1) is 14.0. The molecule has 1 N–H and O–H groups in total. The zero-order valence-corrected chi connectivity index (χ0v) is 12.6. The highest BCUT2D eigenvalue weighted by molar-refractivity contribution is 5.80. The third-order valence-electron chi connectivity index (χ3n) is 5.64. The standard InChI is InChI=1S/C16H25NO4/c18-14-16(20-15(19-14)9-5-2-6-10-15)11-13(17-21-16)12-7-3-1-4-8-12/h12-13,17H,1-11H2/t13-,16?/m1/s1. The first-order chi connectivity index (χ1) is 10.2. The van der Waals surface area contributed by atoms with Crippen LogP contribution in [-0.2, 0) is 19.1 Å². The molecule has 118 valence electrons. The van der Waals surface area contributed by atoms with Crippen molar-refractivity contribution in [3.8, 4) is 0 Å². The van der Waals surface area contributed by atoms with Crippen molar-refractivity contribution in [2.24, 2.45) is 5.92 Å². The van der Waals surface area contributed by atoms with Crippen LogP contribution in [0.25, 0.3) is 0 Å². The lowest BCUT2D eigenvalue weighted by atomic mass is 9.82. The summed E-state index contributed by atoms with van der Waals surface area (Å²) in [5.74, 6) is -1.62. The van der Waals surface area contributed by atoms with Gasteiger partial charge in [-0.25, -0.2) is 4.79 Å². The molecule has 0 radical (unpaired) electrons. The summed E-state index contributed by atoms with van der Waals surface area (Å²) in [6.45, 7) is 0. The van der Waals surface area contributed by atoms with Crippen molar-refractivity contribution in [2.45, 2.75) is 88.2 Å². The maximum atomic E-state index is 12.4. The molecule has 2 aliphatic heterocycles. The van der Waals surface area contributed by atoms with E-state index in [1.165, 1.54) is 38.5 Å². The summed E-state index contributed by atoms with van der Waals surface area (Å²) >= 11 is 0. The van der Waals surface area contributed by atoms with Gasteiger partial charge in [-0.3, -0.25) is 9.57 Å². The van der Waals surface area contributed by atoms with E-state index in [2.05, 4.69) is 5.48 Å². The molecule has 1 unspecified atom stereocenters. The molecule has 4 rings (SSSR count). The SMILES string of the molecule is O=C1OC2(CCCCC2)OC12C[C@H](C1CCCCC1)NO2. The highest BCUT2D eigenvalue weighted by atomic mass is 16.9. The predicted octanol–water partition coefficient (Wildman–Crippen LogP) is 2.79. The van der Waals surface area contributed by atoms with Gasteiger partial charge < -0.3 is 4.74 Å². The molecule has 21 heavy (non-hydrogen) atoms. The lowest BCUT2D eigenvalue weighted by Crippen LogP contribution is -2.39. The normalized spacial score (nSPS) is 40.0. The Balaban J connectivity index is 1.46. The number of nitrogens with one attached hydrogen (secondary N) is 1. The zero-order chi connectivity index (χ0) is 14.3. The molecule has 5 heteroatoms. The Morgan fingerprint density at radius 1 is 1.00 bits per heavy atom. The van der Waals surface area contributed by atoms with E-state index in [-0.39, 0.29) is 12.0 Å². The quantitative estimate of drug-likeness (QED) is 0.754. The molecule has 4 aliphatic rings. The second kappa shape index (κ2) is 5.21. The third-order valence-corrected chi connectivity index (χ3v) is 5.64. The molecule has 0 aromatic heterocycles. The minimum absolute atomic E-state index is 0.219. The van der Waals surface area contributed by atoms with Crippen LogP contribution in [-0.4, -0.2) is 23.6 Å². The molecule has 0 bridgehead atoms. The average Bonchev–Trinajstić information content (AvgIpc) is 3.04. The molecule has 2 saturated heterocycles. The van der Waals surface area contributed by atoms with E-state index in [0.717, 1.165) is 25.7 Å². The van der Waals surface area contributed by atoms with Crippen LogP contribution in [0.5, 0.6) is 0 Å². The van der Waals surface area contributed by atoms with Gasteiger partial charge in [-0.15, -0.1) is 0 Å². The van der Waals surface area contributed by atoms with Gasteiger partial charge in [-0.1, -0.05) is 25.7 Å². The Kier molecular flexibility index (Phi) is 3.47. The van der Waals surface area contributed by atoms with E-state index in [1.54, 1.807) is 0 Å². The Hall–Kier alpha value is -0.650. The van der Waals surface area contributed by atoms with Crippen LogP contribution >= 0.6 is 0 Å². The largest absolute Gasteiger partial charge is 0.429 e. The number of carbonyl (C=O) groups is 1. The topological polar surface area (TPSA) is 56.8 Å². The van der Waals surface area contributed by atoms with E-state index in [4.69, 9.17) is 14.3 Å². The van der Waals surface area contributed by atoms with Crippen molar-refractivity contribution < 1.29 is 19.1 Å². The maximum absolute atomic E-state index is 12.4. The summed E-state index contributed by atoms with van der Waals surface area (Å²) in [4.78, 5) is 18.0. The molecule has 0 amide bonds. The lowest BCUT2D eigenvalue weighted by Gasteiger charge is -2.31. The Morgan fingerprint density at radius 3 is 2.48 bits per heavy atom. The van der Waals surface area contributed by atoms with Crippen molar-refractivity contribution >= 4 is 5.97 Å². The summed E-state index contributed by atoms with van der Waals surface area (Å²) in [5.41, 5.74) is 3.09. The molecule has 0 aromatic carbocycles. The number of hydrogen-bond acceptors (Lipinski definition) is 5. The summed E-state index contributed by atoms with van der Waals surface area (Å²) < 4.78 is 11.8. The smallest absolute Gasteiger partial charge is 0.371 e. The maximum Gasteiger partial charge on any atom is 0.371 e. The van der Waals surface area contributed by atoms with Crippen LogP contribution in [0.1, 0.15) is 70.6 Å². The highest BCUT2D eigenvalue weighted by Crippen LogP contribution is 2.47. The van der Waals surface area contributed by atoms with Crippen LogP contribution in [0, 0.1) is 5.92 Å². The number of hydroxylamine groups is 1. The van der Waals surface area contributed by atoms with E-state index in [1.807, 2.05) is 0 Å². The van der Waals surface area contributed by atoms with Gasteiger partial charge in [-0.2, -0.15) is 5.48 Å². The molecule has 5 nitrogen and oxygen atoms in total. The molecule has 4 fully saturated rings. The van der Waals surface area contributed by atoms with E-state index in [9.17, 15) is 4.79 Å². The van der Waals surface area contributed by atoms with Crippen LogP contribution in [0.15, 0.2) is 0 Å². The fourth-order valence-electron chi connectivity index (χ4n) is 4.43. The summed E-state index contributed by atoms with van der Waals surface area (Å²) in [5, 5.41) is 0. The highest BCUT2D eigenvalue weighted by Gasteiger charge is 2.63. The predicted molar refractivity (Wildman–Crippen MR) is 74.9 cm³/mol. The van der Waals surface area contributed by atoms with Gasteiger partial charge in [0.25, 0.3) is 5.79 Å². The third kappa shape index (κ3) is 2.39. The van der Waals surface area contributed by atoms with Gasteiger partial charge in [0.05, 0.1) is 0 Å². The number of carbonyl (C=O) groups excluding carboxylic acids is 1. The summed E-state index contributed by atoms with van der Waals surface area (Å²) in [6, 6.07) is 0.219. The van der Waals surface area contributed by atoms with Crippen LogP contribution < -0.4 is 5.48 Å². The summed E-state index contributed by atoms with van der Waals surface area (Å²) in [7, 11) is 0. The monoisotopic (exact) mass is 295 g/mol. The van der Waals surface area contributed by atoms with E-state index >= 15 is 0 Å². The van der Waals surface area contributed by atoms with Crippen LogP contribution in [0.3, 0.4) is 0 Å². The average molecular weight is 295 g/mol. The van der Waals surface area contributed by atoms with Gasteiger partial charge in [0.1, 0.15) is 0 Å². The van der Waals surface area contributed by atoms with Gasteiger partial charge in [0, 0.05) is 25.3 Å². The Labute approximate surface area is 125 Å². The first-order valence-corrected chi connectivity index (χ1v) is 8.59. The second-order valence-electron chi connectivity index (χ2n) is 7.14. The van der Waals surface area contributed by atoms with Crippen molar-refractivity contribution in [3.63, 3.8) is 0 Å². The van der Waals surface area contributed by atoms with Gasteiger partial charge in [0.15, 0.2) is 0 Å². The van der Waals surface area contributed by atoms with Crippen LogP contribution in [0.2, 0.25) is 0 Å². The van der Waals surface area contributed by atoms with Crippen molar-refractivity contribution in [1.82, 2.24) is 5.48 Å². The van der Waals surface area contributed by atoms with E-state index < -0.39 is 11.6 Å². The molecular weight excluding hydrogens is 270 g/mol. The zero-order valence-electron chi connectivity index (χ0n) is 12.6. The number of esters is 1. The van der Waals surface area contributed by atoms with Crippen LogP contribution in [0.4, 0.5) is 0 Å². The molecule has 2 heterocycles. The number of hydrogen-bond donors (Lipinski definition) is 1. The Morgan fingerprint density at radius 2 is 1.71 bits per heavy atom. The molecule has 0 aromatic rings. The van der Waals surface area contributed by atoms with Gasteiger partial charge in [-0.05, 0) is 31.6 Å². The number of ether oxygens (including phenoxy) is 2. The Bertz CT molecular complexity index is 415. The second-order valence-corrected chi connectivity index (χ2v) is 7.14. The molecule has 2 saturated carbocycles. The molecule has 2 atom stereocenters. The van der Waals surface area contributed by atoms with Gasteiger partial charge >= 0.3 is 5.97 Å². The van der Waals surface area contributed by atoms with Crippen molar-refractivity contribution in [2.75, 3.05) is 0 Å². The number of rotatable bonds is 1. The fraction of sp³-hybridized carbons (Fsp3) is 0.938. The first-order valence-electron chi connectivity index (χ1n) is 8.59. The van der Waals surface area contributed by atoms with Crippen molar-refractivity contribution in [1.29, 1.82) is 0 Å². The van der Waals surface area contributed by atoms with E-state index in [0.29, 0.717) is 12.3 Å². The van der Waals surface area contributed by atoms with Gasteiger partial charge in [0.2, 0.25) is 5.79 Å². The molecular formula is C16H25NO4. The minimum atomic E-state index is -1.18. The lowest BCUT2D eigenvalue weighted by molar-refractivity contribution is -0.270. The fourth-order valence-corrected chi connectivity index (χ4v) is 4.43.